The van der Waals surface area contributed by atoms with Gasteiger partial charge in [0.05, 0.1) is 17.4 Å². The molecule has 0 fully saturated rings. The van der Waals surface area contributed by atoms with Crippen LogP contribution in [0.2, 0.25) is 0 Å². The Bertz CT molecular complexity index is 1370. The fourth-order valence-corrected chi connectivity index (χ4v) is 3.55. The van der Waals surface area contributed by atoms with Crippen molar-refractivity contribution < 1.29 is 13.6 Å². The number of amides is 1. The summed E-state index contributed by atoms with van der Waals surface area (Å²) in [6.07, 6.45) is 3.41. The topological polar surface area (TPSA) is 73.6 Å². The summed E-state index contributed by atoms with van der Waals surface area (Å²) in [5, 5.41) is 11.2. The molecule has 0 saturated carbocycles. The fourth-order valence-electron chi connectivity index (χ4n) is 3.55. The van der Waals surface area contributed by atoms with Crippen molar-refractivity contribution in [2.24, 2.45) is 0 Å². The van der Waals surface area contributed by atoms with Gasteiger partial charge in [0.2, 0.25) is 0 Å². The molecule has 0 radical (unpaired) electrons. The van der Waals surface area contributed by atoms with Gasteiger partial charge in [0.1, 0.15) is 17.2 Å². The molecule has 3 N–H and O–H groups in total. The number of nitrogens with zero attached hydrogens (tertiary/aromatic N) is 1. The van der Waals surface area contributed by atoms with Crippen LogP contribution in [0.5, 0.6) is 0 Å². The Balaban J connectivity index is 1.64. The van der Waals surface area contributed by atoms with Crippen LogP contribution in [0.1, 0.15) is 10.4 Å². The Labute approximate surface area is 163 Å². The number of hydrogen-bond donors (Lipinski definition) is 3. The number of benzene rings is 3. The Hall–Kier alpha value is -4.00. The van der Waals surface area contributed by atoms with E-state index in [1.807, 2.05) is 36.5 Å². The lowest BCUT2D eigenvalue weighted by molar-refractivity contribution is 0.101. The Morgan fingerprint density at radius 2 is 1.72 bits per heavy atom. The second kappa shape index (κ2) is 6.56. The molecule has 0 spiro atoms. The van der Waals surface area contributed by atoms with Crippen LogP contribution in [0, 0.1) is 11.6 Å². The molecule has 7 heteroatoms. The van der Waals surface area contributed by atoms with E-state index in [2.05, 4.69) is 20.5 Å². The predicted octanol–water partition coefficient (Wildman–Crippen LogP) is 5.24. The summed E-state index contributed by atoms with van der Waals surface area (Å²) >= 11 is 0. The third-order valence-corrected chi connectivity index (χ3v) is 4.90. The molecular formula is C22H14F2N4O. The normalized spacial score (nSPS) is 11.2. The number of anilines is 1. The number of fused-ring (bicyclic) bond motifs is 2. The van der Waals surface area contributed by atoms with E-state index in [0.29, 0.717) is 16.6 Å². The van der Waals surface area contributed by atoms with Crippen LogP contribution in [-0.4, -0.2) is 21.1 Å². The first kappa shape index (κ1) is 17.1. The van der Waals surface area contributed by atoms with Crippen molar-refractivity contribution >= 4 is 33.4 Å². The number of rotatable bonds is 3. The highest BCUT2D eigenvalue weighted by Gasteiger charge is 2.19. The summed E-state index contributed by atoms with van der Waals surface area (Å²) in [5.74, 6) is -2.70. The van der Waals surface area contributed by atoms with Gasteiger partial charge in [-0.1, -0.05) is 18.2 Å². The van der Waals surface area contributed by atoms with Gasteiger partial charge in [0.15, 0.2) is 0 Å². The largest absolute Gasteiger partial charge is 0.361 e. The molecular weight excluding hydrogens is 374 g/mol. The average molecular weight is 388 g/mol. The molecule has 2 heterocycles. The van der Waals surface area contributed by atoms with Gasteiger partial charge in [-0.3, -0.25) is 9.89 Å². The second-order valence-corrected chi connectivity index (χ2v) is 6.65. The average Bonchev–Trinajstić information content (AvgIpc) is 3.36. The van der Waals surface area contributed by atoms with Crippen LogP contribution >= 0.6 is 0 Å². The maximum atomic E-state index is 14.0. The standard InChI is InChI=1S/C22H14F2N4O/c23-16-4-2-5-17(24)21(16)22(29)27-19-9-12(10-20-15(19)11-26-28-20)13-3-1-6-18-14(13)7-8-25-18/h1-11,25H,(H,26,28)(H,27,29). The van der Waals surface area contributed by atoms with Gasteiger partial charge in [-0.05, 0) is 47.5 Å². The van der Waals surface area contributed by atoms with Crippen molar-refractivity contribution in [1.29, 1.82) is 0 Å². The summed E-state index contributed by atoms with van der Waals surface area (Å²) in [7, 11) is 0. The summed E-state index contributed by atoms with van der Waals surface area (Å²) in [6, 6.07) is 14.8. The zero-order chi connectivity index (χ0) is 20.0. The minimum atomic E-state index is -0.917. The molecule has 0 aliphatic rings. The van der Waals surface area contributed by atoms with Crippen molar-refractivity contribution in [2.45, 2.75) is 0 Å². The monoisotopic (exact) mass is 388 g/mol. The van der Waals surface area contributed by atoms with E-state index in [1.165, 1.54) is 6.07 Å². The van der Waals surface area contributed by atoms with Crippen LogP contribution in [0.15, 0.2) is 67.0 Å². The lowest BCUT2D eigenvalue weighted by Crippen LogP contribution is -2.16. The van der Waals surface area contributed by atoms with Crippen LogP contribution in [0.25, 0.3) is 32.9 Å². The fraction of sp³-hybridized carbons (Fsp3) is 0. The van der Waals surface area contributed by atoms with Crippen LogP contribution in [0.3, 0.4) is 0 Å². The molecule has 0 unspecified atom stereocenters. The molecule has 3 aromatic carbocycles. The van der Waals surface area contributed by atoms with E-state index in [1.54, 1.807) is 12.3 Å². The quantitative estimate of drug-likeness (QED) is 0.395. The van der Waals surface area contributed by atoms with Gasteiger partial charge < -0.3 is 10.3 Å². The zero-order valence-electron chi connectivity index (χ0n) is 15.0. The van der Waals surface area contributed by atoms with Crippen LogP contribution < -0.4 is 5.32 Å². The van der Waals surface area contributed by atoms with Gasteiger partial charge >= 0.3 is 0 Å². The molecule has 142 valence electrons. The molecule has 0 bridgehead atoms. The number of H-pyrrole nitrogens is 2. The van der Waals surface area contributed by atoms with E-state index >= 15 is 0 Å². The molecule has 5 rings (SSSR count). The van der Waals surface area contributed by atoms with Crippen molar-refractivity contribution in [1.82, 2.24) is 15.2 Å². The number of carbonyl (C=O) groups excluding carboxylic acids is 1. The Morgan fingerprint density at radius 1 is 0.931 bits per heavy atom. The Kier molecular flexibility index (Phi) is 3.87. The van der Waals surface area contributed by atoms with Crippen LogP contribution in [-0.2, 0) is 0 Å². The van der Waals surface area contributed by atoms with Crippen molar-refractivity contribution in [3.63, 3.8) is 0 Å². The lowest BCUT2D eigenvalue weighted by Gasteiger charge is -2.11. The van der Waals surface area contributed by atoms with Gasteiger partial charge in [-0.25, -0.2) is 8.78 Å². The third-order valence-electron chi connectivity index (χ3n) is 4.90. The molecule has 1 amide bonds. The summed E-state index contributed by atoms with van der Waals surface area (Å²) in [6.45, 7) is 0. The summed E-state index contributed by atoms with van der Waals surface area (Å²) < 4.78 is 28.0. The maximum absolute atomic E-state index is 14.0. The van der Waals surface area contributed by atoms with Crippen molar-refractivity contribution in [3.05, 3.63) is 84.2 Å². The SMILES string of the molecule is O=C(Nc1cc(-c2cccc3[nH]ccc23)cc2[nH]ncc12)c1c(F)cccc1F. The molecule has 29 heavy (non-hydrogen) atoms. The maximum Gasteiger partial charge on any atom is 0.261 e. The van der Waals surface area contributed by atoms with Crippen LogP contribution in [0.4, 0.5) is 14.5 Å². The van der Waals surface area contributed by atoms with Gasteiger partial charge in [0, 0.05) is 22.5 Å². The Morgan fingerprint density at radius 3 is 2.55 bits per heavy atom. The second-order valence-electron chi connectivity index (χ2n) is 6.65. The minimum absolute atomic E-state index is 0.409. The van der Waals surface area contributed by atoms with Crippen molar-refractivity contribution in [2.75, 3.05) is 5.32 Å². The first-order valence-corrected chi connectivity index (χ1v) is 8.91. The highest BCUT2D eigenvalue weighted by molar-refractivity contribution is 6.10. The minimum Gasteiger partial charge on any atom is -0.361 e. The number of aromatic nitrogens is 3. The molecule has 5 aromatic rings. The van der Waals surface area contributed by atoms with E-state index in [4.69, 9.17) is 0 Å². The number of nitrogens with one attached hydrogen (secondary N) is 3. The number of aromatic amines is 2. The van der Waals surface area contributed by atoms with Gasteiger partial charge in [-0.2, -0.15) is 5.10 Å². The predicted molar refractivity (Wildman–Crippen MR) is 108 cm³/mol. The third kappa shape index (κ3) is 2.84. The number of halogens is 2. The molecule has 0 saturated heterocycles. The van der Waals surface area contributed by atoms with Crippen molar-refractivity contribution in [3.8, 4) is 11.1 Å². The highest BCUT2D eigenvalue weighted by atomic mass is 19.1. The molecule has 0 aliphatic heterocycles. The smallest absolute Gasteiger partial charge is 0.261 e. The van der Waals surface area contributed by atoms with E-state index < -0.39 is 23.1 Å². The lowest BCUT2D eigenvalue weighted by atomic mass is 9.99. The van der Waals surface area contributed by atoms with Gasteiger partial charge in [-0.15, -0.1) is 0 Å². The van der Waals surface area contributed by atoms with Gasteiger partial charge in [0.25, 0.3) is 5.91 Å². The number of carbonyl (C=O) groups is 1. The number of hydrogen-bond acceptors (Lipinski definition) is 2. The highest BCUT2D eigenvalue weighted by Crippen LogP contribution is 2.34. The first-order valence-electron chi connectivity index (χ1n) is 8.91. The zero-order valence-corrected chi connectivity index (χ0v) is 15.0. The molecule has 0 atom stereocenters. The first-order chi connectivity index (χ1) is 14.1. The van der Waals surface area contributed by atoms with E-state index in [0.717, 1.165) is 34.2 Å². The summed E-state index contributed by atoms with van der Waals surface area (Å²) in [5.41, 5.74) is 3.24. The molecule has 2 aromatic heterocycles. The molecule has 5 nitrogen and oxygen atoms in total. The summed E-state index contributed by atoms with van der Waals surface area (Å²) in [4.78, 5) is 15.8. The van der Waals surface area contributed by atoms with E-state index in [9.17, 15) is 13.6 Å². The molecule has 0 aliphatic carbocycles. The van der Waals surface area contributed by atoms with E-state index in [-0.39, 0.29) is 0 Å².